The number of rotatable bonds is 7. The number of carbonyl (C=O) groups is 1. The molecule has 3 aromatic rings. The van der Waals surface area contributed by atoms with Crippen molar-refractivity contribution in [1.29, 1.82) is 0 Å². The van der Waals surface area contributed by atoms with Gasteiger partial charge in [-0.2, -0.15) is 0 Å². The van der Waals surface area contributed by atoms with E-state index in [1.165, 1.54) is 5.56 Å². The average Bonchev–Trinajstić information content (AvgIpc) is 3.28. The van der Waals surface area contributed by atoms with Gasteiger partial charge in [0.2, 0.25) is 5.91 Å². The van der Waals surface area contributed by atoms with Crippen LogP contribution in [0, 0.1) is 0 Å². The largest absolute Gasteiger partial charge is 0.497 e. The lowest BCUT2D eigenvalue weighted by Crippen LogP contribution is -2.48. The Morgan fingerprint density at radius 3 is 2.60 bits per heavy atom. The molecule has 1 aliphatic rings. The van der Waals surface area contributed by atoms with Crippen molar-refractivity contribution < 1.29 is 13.9 Å². The molecule has 0 N–H and O–H groups in total. The van der Waals surface area contributed by atoms with Crippen LogP contribution in [-0.4, -0.2) is 59.0 Å². The van der Waals surface area contributed by atoms with Crippen molar-refractivity contribution in [3.05, 3.63) is 66.4 Å². The molecule has 1 aliphatic heterocycles. The van der Waals surface area contributed by atoms with Crippen LogP contribution in [0.4, 0.5) is 0 Å². The summed E-state index contributed by atoms with van der Waals surface area (Å²) < 4.78 is 11.0. The van der Waals surface area contributed by atoms with Crippen molar-refractivity contribution in [2.75, 3.05) is 33.3 Å². The summed E-state index contributed by atoms with van der Waals surface area (Å²) in [7, 11) is 1.64. The topological polar surface area (TPSA) is 71.7 Å². The smallest absolute Gasteiger partial charge is 0.223 e. The number of pyridine rings is 1. The molecular weight excluding hydrogens is 380 g/mol. The molecule has 0 atom stereocenters. The van der Waals surface area contributed by atoms with Crippen molar-refractivity contribution >= 4 is 5.91 Å². The number of hydrogen-bond acceptors (Lipinski definition) is 6. The van der Waals surface area contributed by atoms with Gasteiger partial charge in [0, 0.05) is 63.5 Å². The highest BCUT2D eigenvalue weighted by atomic mass is 16.5. The summed E-state index contributed by atoms with van der Waals surface area (Å²) in [6.45, 7) is 4.13. The van der Waals surface area contributed by atoms with E-state index in [2.05, 4.69) is 20.9 Å². The number of ether oxygens (including phenoxy) is 1. The van der Waals surface area contributed by atoms with Gasteiger partial charge >= 0.3 is 0 Å². The van der Waals surface area contributed by atoms with E-state index in [9.17, 15) is 4.79 Å². The van der Waals surface area contributed by atoms with Crippen LogP contribution >= 0.6 is 0 Å². The monoisotopic (exact) mass is 406 g/mol. The molecule has 0 bridgehead atoms. The Labute approximate surface area is 176 Å². The van der Waals surface area contributed by atoms with Crippen LogP contribution in [0.1, 0.15) is 17.9 Å². The van der Waals surface area contributed by atoms with Crippen LogP contribution in [0.2, 0.25) is 0 Å². The van der Waals surface area contributed by atoms with E-state index in [0.717, 1.165) is 44.0 Å². The zero-order valence-corrected chi connectivity index (χ0v) is 17.2. The second-order valence-electron chi connectivity index (χ2n) is 7.36. The lowest BCUT2D eigenvalue weighted by Gasteiger charge is -2.34. The molecule has 156 valence electrons. The average molecular weight is 406 g/mol. The predicted octanol–water partition coefficient (Wildman–Crippen LogP) is 3.02. The Hall–Kier alpha value is -3.19. The van der Waals surface area contributed by atoms with E-state index in [1.54, 1.807) is 19.5 Å². The standard InChI is InChI=1S/C23H26N4O3/c1-29-20-6-4-19(5-7-20)21-16-25-22(30-21)8-9-23(28)27-13-11-26(12-14-27)17-18-3-2-10-24-15-18/h2-7,10,15-16H,8-9,11-14,17H2,1H3. The summed E-state index contributed by atoms with van der Waals surface area (Å²) in [6.07, 6.45) is 6.30. The van der Waals surface area contributed by atoms with E-state index in [-0.39, 0.29) is 5.91 Å². The summed E-state index contributed by atoms with van der Waals surface area (Å²) in [4.78, 5) is 25.4. The van der Waals surface area contributed by atoms with E-state index in [1.807, 2.05) is 41.4 Å². The van der Waals surface area contributed by atoms with E-state index in [4.69, 9.17) is 9.15 Å². The fourth-order valence-corrected chi connectivity index (χ4v) is 3.59. The van der Waals surface area contributed by atoms with Crippen molar-refractivity contribution in [3.63, 3.8) is 0 Å². The molecule has 2 aromatic heterocycles. The fraction of sp³-hybridized carbons (Fsp3) is 0.348. The maximum atomic E-state index is 12.6. The molecule has 1 amide bonds. The molecule has 1 saturated heterocycles. The van der Waals surface area contributed by atoms with E-state index < -0.39 is 0 Å². The van der Waals surface area contributed by atoms with Crippen LogP contribution in [0.15, 0.2) is 59.4 Å². The van der Waals surface area contributed by atoms with Crippen LogP contribution in [-0.2, 0) is 17.8 Å². The molecule has 4 rings (SSSR count). The lowest BCUT2D eigenvalue weighted by atomic mass is 10.2. The number of amides is 1. The highest BCUT2D eigenvalue weighted by Gasteiger charge is 2.21. The maximum Gasteiger partial charge on any atom is 0.223 e. The number of carbonyl (C=O) groups excluding carboxylic acids is 1. The Balaban J connectivity index is 1.24. The van der Waals surface area contributed by atoms with Gasteiger partial charge in [-0.25, -0.2) is 4.98 Å². The Kier molecular flexibility index (Phi) is 6.39. The zero-order valence-electron chi connectivity index (χ0n) is 17.2. The van der Waals surface area contributed by atoms with Gasteiger partial charge in [0.1, 0.15) is 5.75 Å². The fourth-order valence-electron chi connectivity index (χ4n) is 3.59. The molecule has 0 unspecified atom stereocenters. The number of hydrogen-bond donors (Lipinski definition) is 0. The first-order valence-electron chi connectivity index (χ1n) is 10.2. The highest BCUT2D eigenvalue weighted by molar-refractivity contribution is 5.76. The minimum Gasteiger partial charge on any atom is -0.497 e. The molecule has 30 heavy (non-hydrogen) atoms. The van der Waals surface area contributed by atoms with Gasteiger partial charge in [0.05, 0.1) is 13.3 Å². The Morgan fingerprint density at radius 1 is 1.10 bits per heavy atom. The number of nitrogens with zero attached hydrogens (tertiary/aromatic N) is 4. The quantitative estimate of drug-likeness (QED) is 0.601. The SMILES string of the molecule is COc1ccc(-c2cnc(CCC(=O)N3CCN(Cc4cccnc4)CC3)o2)cc1. The molecule has 0 aliphatic carbocycles. The number of oxazole rings is 1. The summed E-state index contributed by atoms with van der Waals surface area (Å²) in [5.41, 5.74) is 2.14. The molecule has 0 spiro atoms. The normalized spacial score (nSPS) is 14.6. The molecule has 1 aromatic carbocycles. The second-order valence-corrected chi connectivity index (χ2v) is 7.36. The van der Waals surface area contributed by atoms with Crippen molar-refractivity contribution in [3.8, 4) is 17.1 Å². The van der Waals surface area contributed by atoms with Crippen molar-refractivity contribution in [2.24, 2.45) is 0 Å². The van der Waals surface area contributed by atoms with Gasteiger partial charge in [0.25, 0.3) is 0 Å². The van der Waals surface area contributed by atoms with Gasteiger partial charge in [-0.15, -0.1) is 0 Å². The molecule has 7 nitrogen and oxygen atoms in total. The minimum absolute atomic E-state index is 0.153. The van der Waals surface area contributed by atoms with Crippen LogP contribution in [0.25, 0.3) is 11.3 Å². The zero-order chi connectivity index (χ0) is 20.8. The van der Waals surface area contributed by atoms with Gasteiger partial charge in [-0.05, 0) is 35.9 Å². The van der Waals surface area contributed by atoms with Crippen LogP contribution < -0.4 is 4.74 Å². The summed E-state index contributed by atoms with van der Waals surface area (Å²) in [5, 5.41) is 0. The Bertz CT molecular complexity index is 948. The van der Waals surface area contributed by atoms with Gasteiger partial charge < -0.3 is 14.1 Å². The molecule has 3 heterocycles. The Morgan fingerprint density at radius 2 is 1.90 bits per heavy atom. The second kappa shape index (κ2) is 9.54. The molecule has 1 fully saturated rings. The first-order chi connectivity index (χ1) is 14.7. The summed E-state index contributed by atoms with van der Waals surface area (Å²) >= 11 is 0. The molecule has 7 heteroatoms. The summed E-state index contributed by atoms with van der Waals surface area (Å²) in [5.74, 6) is 2.23. The lowest BCUT2D eigenvalue weighted by molar-refractivity contribution is -0.133. The first kappa shape index (κ1) is 20.1. The molecule has 0 saturated carbocycles. The van der Waals surface area contributed by atoms with Gasteiger partial charge in [-0.1, -0.05) is 6.07 Å². The van der Waals surface area contributed by atoms with Gasteiger partial charge in [0.15, 0.2) is 11.7 Å². The third-order valence-electron chi connectivity index (χ3n) is 5.33. The number of piperazine rings is 1. The number of aromatic nitrogens is 2. The van der Waals surface area contributed by atoms with E-state index >= 15 is 0 Å². The van der Waals surface area contributed by atoms with Crippen LogP contribution in [0.3, 0.4) is 0 Å². The van der Waals surface area contributed by atoms with Crippen molar-refractivity contribution in [1.82, 2.24) is 19.8 Å². The number of benzene rings is 1. The third-order valence-corrected chi connectivity index (χ3v) is 5.33. The van der Waals surface area contributed by atoms with Crippen molar-refractivity contribution in [2.45, 2.75) is 19.4 Å². The number of aryl methyl sites for hydroxylation is 1. The maximum absolute atomic E-state index is 12.6. The van der Waals surface area contributed by atoms with E-state index in [0.29, 0.717) is 24.5 Å². The highest BCUT2D eigenvalue weighted by Crippen LogP contribution is 2.23. The minimum atomic E-state index is 0.153. The molecular formula is C23H26N4O3. The first-order valence-corrected chi connectivity index (χ1v) is 10.2. The van der Waals surface area contributed by atoms with Crippen LogP contribution in [0.5, 0.6) is 5.75 Å². The predicted molar refractivity (Wildman–Crippen MR) is 113 cm³/mol. The van der Waals surface area contributed by atoms with Gasteiger partial charge in [-0.3, -0.25) is 14.7 Å². The summed E-state index contributed by atoms with van der Waals surface area (Å²) in [6, 6.07) is 11.7. The number of methoxy groups -OCH3 is 1. The molecule has 0 radical (unpaired) electrons. The third kappa shape index (κ3) is 5.04.